The van der Waals surface area contributed by atoms with E-state index in [9.17, 15) is 9.59 Å². The molecule has 1 aromatic carbocycles. The molecule has 1 rings (SSSR count). The van der Waals surface area contributed by atoms with E-state index in [0.717, 1.165) is 12.8 Å². The van der Waals surface area contributed by atoms with Crippen molar-refractivity contribution >= 4 is 18.0 Å². The van der Waals surface area contributed by atoms with Crippen LogP contribution in [0.25, 0.3) is 6.08 Å². The van der Waals surface area contributed by atoms with E-state index in [1.165, 1.54) is 6.07 Å². The standard InChI is InChI=1S/C18H24O4/c1-6-12(4)21-17(19)15-9-14(8-3)10-16(11-15)18(20)22-13(5)7-2/h8-13H,3,6-7H2,1-2,4-5H3. The van der Waals surface area contributed by atoms with Crippen molar-refractivity contribution in [2.45, 2.75) is 52.7 Å². The Kier molecular flexibility index (Phi) is 6.83. The molecule has 1 aromatic rings. The van der Waals surface area contributed by atoms with Gasteiger partial charge in [-0.1, -0.05) is 26.5 Å². The van der Waals surface area contributed by atoms with Gasteiger partial charge in [0.05, 0.1) is 23.3 Å². The van der Waals surface area contributed by atoms with Crippen LogP contribution in [0.5, 0.6) is 0 Å². The highest BCUT2D eigenvalue weighted by molar-refractivity contribution is 5.96. The molecule has 0 aliphatic rings. The Morgan fingerprint density at radius 3 is 1.73 bits per heavy atom. The summed E-state index contributed by atoms with van der Waals surface area (Å²) in [5.41, 5.74) is 1.33. The third kappa shape index (κ3) is 5.02. The minimum absolute atomic E-state index is 0.171. The van der Waals surface area contributed by atoms with Crippen molar-refractivity contribution in [1.29, 1.82) is 0 Å². The number of carbonyl (C=O) groups is 2. The van der Waals surface area contributed by atoms with Gasteiger partial charge >= 0.3 is 11.9 Å². The molecule has 0 bridgehead atoms. The van der Waals surface area contributed by atoms with Crippen LogP contribution in [0, 0.1) is 0 Å². The Morgan fingerprint density at radius 2 is 1.41 bits per heavy atom. The molecular formula is C18H24O4. The van der Waals surface area contributed by atoms with Gasteiger partial charge in [0.1, 0.15) is 0 Å². The first-order valence-electron chi connectivity index (χ1n) is 7.60. The summed E-state index contributed by atoms with van der Waals surface area (Å²) in [5.74, 6) is -0.897. The largest absolute Gasteiger partial charge is 0.459 e. The summed E-state index contributed by atoms with van der Waals surface area (Å²) >= 11 is 0. The van der Waals surface area contributed by atoms with Gasteiger partial charge in [-0.25, -0.2) is 9.59 Å². The Hall–Kier alpha value is -2.10. The lowest BCUT2D eigenvalue weighted by Crippen LogP contribution is -2.17. The van der Waals surface area contributed by atoms with Gasteiger partial charge in [-0.15, -0.1) is 0 Å². The first-order chi connectivity index (χ1) is 10.4. The fourth-order valence-electron chi connectivity index (χ4n) is 1.67. The lowest BCUT2D eigenvalue weighted by molar-refractivity contribution is 0.0333. The Labute approximate surface area is 132 Å². The van der Waals surface area contributed by atoms with Crippen LogP contribution in [0.15, 0.2) is 24.8 Å². The van der Waals surface area contributed by atoms with E-state index in [2.05, 4.69) is 6.58 Å². The average Bonchev–Trinajstić information content (AvgIpc) is 2.53. The molecule has 0 radical (unpaired) electrons. The zero-order valence-electron chi connectivity index (χ0n) is 13.7. The maximum absolute atomic E-state index is 12.1. The molecular weight excluding hydrogens is 280 g/mol. The second-order valence-corrected chi connectivity index (χ2v) is 5.30. The molecule has 0 aromatic heterocycles. The summed E-state index contributed by atoms with van der Waals surface area (Å²) in [7, 11) is 0. The van der Waals surface area contributed by atoms with Crippen LogP contribution in [0.4, 0.5) is 0 Å². The predicted octanol–water partition coefficient (Wildman–Crippen LogP) is 4.24. The summed E-state index contributed by atoms with van der Waals surface area (Å²) in [6.45, 7) is 11.2. The highest BCUT2D eigenvalue weighted by atomic mass is 16.5. The third-order valence-corrected chi connectivity index (χ3v) is 3.43. The first kappa shape index (κ1) is 18.0. The van der Waals surface area contributed by atoms with Crippen LogP contribution < -0.4 is 0 Å². The molecule has 2 atom stereocenters. The van der Waals surface area contributed by atoms with Crippen molar-refractivity contribution in [1.82, 2.24) is 0 Å². The van der Waals surface area contributed by atoms with E-state index in [0.29, 0.717) is 16.7 Å². The highest BCUT2D eigenvalue weighted by Crippen LogP contribution is 2.16. The molecule has 0 amide bonds. The van der Waals surface area contributed by atoms with Gasteiger partial charge in [-0.05, 0) is 50.5 Å². The minimum atomic E-state index is -0.448. The van der Waals surface area contributed by atoms with Crippen LogP contribution in [0.2, 0.25) is 0 Å². The molecule has 0 saturated heterocycles. The molecule has 0 spiro atoms. The van der Waals surface area contributed by atoms with Crippen LogP contribution in [-0.4, -0.2) is 24.1 Å². The van der Waals surface area contributed by atoms with Gasteiger partial charge in [0, 0.05) is 0 Å². The van der Waals surface area contributed by atoms with Crippen molar-refractivity contribution in [2.24, 2.45) is 0 Å². The number of benzene rings is 1. The van der Waals surface area contributed by atoms with E-state index in [1.807, 2.05) is 27.7 Å². The molecule has 4 heteroatoms. The monoisotopic (exact) mass is 304 g/mol. The molecule has 0 heterocycles. The Morgan fingerprint density at radius 1 is 1.00 bits per heavy atom. The van der Waals surface area contributed by atoms with E-state index in [4.69, 9.17) is 9.47 Å². The molecule has 120 valence electrons. The van der Waals surface area contributed by atoms with E-state index >= 15 is 0 Å². The quantitative estimate of drug-likeness (QED) is 0.707. The molecule has 0 aliphatic carbocycles. The van der Waals surface area contributed by atoms with Gasteiger partial charge in [0.25, 0.3) is 0 Å². The number of hydrogen-bond donors (Lipinski definition) is 0. The predicted molar refractivity (Wildman–Crippen MR) is 86.9 cm³/mol. The first-order valence-corrected chi connectivity index (χ1v) is 7.60. The lowest BCUT2D eigenvalue weighted by Gasteiger charge is -2.14. The van der Waals surface area contributed by atoms with Crippen molar-refractivity contribution in [3.05, 3.63) is 41.5 Å². The maximum Gasteiger partial charge on any atom is 0.338 e. The summed E-state index contributed by atoms with van der Waals surface area (Å²) in [4.78, 5) is 24.3. The van der Waals surface area contributed by atoms with Gasteiger partial charge in [-0.3, -0.25) is 0 Å². The number of rotatable bonds is 7. The smallest absolute Gasteiger partial charge is 0.338 e. The van der Waals surface area contributed by atoms with Crippen molar-refractivity contribution in [3.8, 4) is 0 Å². The van der Waals surface area contributed by atoms with E-state index in [-0.39, 0.29) is 12.2 Å². The van der Waals surface area contributed by atoms with E-state index in [1.54, 1.807) is 18.2 Å². The second-order valence-electron chi connectivity index (χ2n) is 5.30. The van der Waals surface area contributed by atoms with Gasteiger partial charge in [-0.2, -0.15) is 0 Å². The normalized spacial score (nSPS) is 13.1. The van der Waals surface area contributed by atoms with Gasteiger partial charge < -0.3 is 9.47 Å². The SMILES string of the molecule is C=Cc1cc(C(=O)OC(C)CC)cc(C(=O)OC(C)CC)c1. The number of carbonyl (C=O) groups excluding carboxylic acids is 2. The van der Waals surface area contributed by atoms with Gasteiger partial charge in [0.2, 0.25) is 0 Å². The van der Waals surface area contributed by atoms with Crippen LogP contribution in [-0.2, 0) is 9.47 Å². The molecule has 2 unspecified atom stereocenters. The minimum Gasteiger partial charge on any atom is -0.459 e. The second kappa shape index (κ2) is 8.37. The highest BCUT2D eigenvalue weighted by Gasteiger charge is 2.17. The fraction of sp³-hybridized carbons (Fsp3) is 0.444. The molecule has 22 heavy (non-hydrogen) atoms. The third-order valence-electron chi connectivity index (χ3n) is 3.43. The summed E-state index contributed by atoms with van der Waals surface area (Å²) in [6.07, 6.45) is 2.71. The molecule has 0 fully saturated rings. The zero-order valence-corrected chi connectivity index (χ0v) is 13.7. The van der Waals surface area contributed by atoms with Crippen LogP contribution in [0.1, 0.15) is 66.8 Å². The molecule has 0 saturated carbocycles. The zero-order chi connectivity index (χ0) is 16.7. The van der Waals surface area contributed by atoms with Crippen molar-refractivity contribution in [3.63, 3.8) is 0 Å². The summed E-state index contributed by atoms with van der Waals surface area (Å²) in [6, 6.07) is 4.80. The van der Waals surface area contributed by atoms with Crippen molar-refractivity contribution in [2.75, 3.05) is 0 Å². The number of esters is 2. The van der Waals surface area contributed by atoms with Crippen molar-refractivity contribution < 1.29 is 19.1 Å². The fourth-order valence-corrected chi connectivity index (χ4v) is 1.67. The van der Waals surface area contributed by atoms with E-state index < -0.39 is 11.9 Å². The average molecular weight is 304 g/mol. The van der Waals surface area contributed by atoms with Crippen LogP contribution in [0.3, 0.4) is 0 Å². The molecule has 0 N–H and O–H groups in total. The summed E-state index contributed by atoms with van der Waals surface area (Å²) < 4.78 is 10.6. The number of ether oxygens (including phenoxy) is 2. The van der Waals surface area contributed by atoms with Crippen LogP contribution >= 0.6 is 0 Å². The molecule has 4 nitrogen and oxygen atoms in total. The Bertz CT molecular complexity index is 506. The molecule has 0 aliphatic heterocycles. The Balaban J connectivity index is 3.05. The topological polar surface area (TPSA) is 52.6 Å². The maximum atomic E-state index is 12.1. The summed E-state index contributed by atoms with van der Waals surface area (Å²) in [5, 5.41) is 0. The lowest BCUT2D eigenvalue weighted by atomic mass is 10.1. The van der Waals surface area contributed by atoms with Gasteiger partial charge in [0.15, 0.2) is 0 Å². The number of hydrogen-bond acceptors (Lipinski definition) is 4.